The maximum Gasteiger partial charge on any atom is 0.238 e. The fourth-order valence-electron chi connectivity index (χ4n) is 1.28. The number of hydrogen-bond acceptors (Lipinski definition) is 4. The Balaban J connectivity index is 2.26. The summed E-state index contributed by atoms with van der Waals surface area (Å²) < 4.78 is 5.55. The van der Waals surface area contributed by atoms with Crippen molar-refractivity contribution in [3.63, 3.8) is 0 Å². The molecule has 2 N–H and O–H groups in total. The highest BCUT2D eigenvalue weighted by Gasteiger charge is 2.03. The number of nitrogen functional groups attached to an aromatic ring is 1. The van der Waals surface area contributed by atoms with Crippen LogP contribution < -0.4 is 10.5 Å². The largest absolute Gasteiger partial charge is 0.435 e. The van der Waals surface area contributed by atoms with Crippen LogP contribution in [0.1, 0.15) is 11.3 Å². The number of nitrogens with zero attached hydrogens (tertiary/aromatic N) is 2. The molecule has 0 aliphatic carbocycles. The molecular formula is C12H13N3O. The van der Waals surface area contributed by atoms with Gasteiger partial charge in [0.2, 0.25) is 5.88 Å². The van der Waals surface area contributed by atoms with Crippen LogP contribution in [-0.2, 0) is 0 Å². The molecule has 4 nitrogen and oxygen atoms in total. The number of hydrogen-bond donors (Lipinski definition) is 1. The minimum absolute atomic E-state index is 0.447. The second-order valence-electron chi connectivity index (χ2n) is 3.66. The summed E-state index contributed by atoms with van der Waals surface area (Å²) in [6, 6.07) is 9.23. The predicted octanol–water partition coefficient (Wildman–Crippen LogP) is 2.47. The second kappa shape index (κ2) is 4.18. The van der Waals surface area contributed by atoms with Gasteiger partial charge in [-0.1, -0.05) is 6.07 Å². The molecule has 0 aliphatic rings. The number of ether oxygens (including phenoxy) is 1. The first-order valence-electron chi connectivity index (χ1n) is 4.99. The lowest BCUT2D eigenvalue weighted by Gasteiger charge is -2.07. The van der Waals surface area contributed by atoms with E-state index < -0.39 is 0 Å². The number of anilines is 1. The lowest BCUT2D eigenvalue weighted by atomic mass is 10.2. The number of rotatable bonds is 2. The van der Waals surface area contributed by atoms with Gasteiger partial charge in [-0.3, -0.25) is 0 Å². The van der Waals surface area contributed by atoms with Crippen molar-refractivity contribution < 1.29 is 4.74 Å². The van der Waals surface area contributed by atoms with Crippen LogP contribution in [0.2, 0.25) is 0 Å². The van der Waals surface area contributed by atoms with Crippen molar-refractivity contribution in [2.45, 2.75) is 13.8 Å². The Morgan fingerprint density at radius 3 is 2.56 bits per heavy atom. The van der Waals surface area contributed by atoms with Crippen LogP contribution in [0.3, 0.4) is 0 Å². The van der Waals surface area contributed by atoms with Crippen LogP contribution in [0.15, 0.2) is 30.3 Å². The van der Waals surface area contributed by atoms with Gasteiger partial charge in [0.15, 0.2) is 5.75 Å². The van der Waals surface area contributed by atoms with E-state index in [2.05, 4.69) is 10.2 Å². The average Bonchev–Trinajstić information content (AvgIpc) is 2.27. The molecular weight excluding hydrogens is 202 g/mol. The zero-order chi connectivity index (χ0) is 11.5. The van der Waals surface area contributed by atoms with E-state index in [0.717, 1.165) is 11.3 Å². The van der Waals surface area contributed by atoms with Crippen molar-refractivity contribution in [3.05, 3.63) is 41.6 Å². The Bertz CT molecular complexity index is 494. The molecule has 0 bridgehead atoms. The zero-order valence-electron chi connectivity index (χ0n) is 9.27. The lowest BCUT2D eigenvalue weighted by molar-refractivity contribution is 0.456. The molecule has 1 aromatic carbocycles. The van der Waals surface area contributed by atoms with Crippen molar-refractivity contribution in [1.82, 2.24) is 10.2 Å². The van der Waals surface area contributed by atoms with Crippen LogP contribution in [0.5, 0.6) is 11.6 Å². The van der Waals surface area contributed by atoms with Crippen LogP contribution in [0.4, 0.5) is 5.69 Å². The SMILES string of the molecule is Cc1ccc(N)c(Oc2ccc(C)nn2)c1. The summed E-state index contributed by atoms with van der Waals surface area (Å²) >= 11 is 0. The molecule has 82 valence electrons. The van der Waals surface area contributed by atoms with E-state index in [9.17, 15) is 0 Å². The van der Waals surface area contributed by atoms with Gasteiger partial charge in [-0.15, -0.1) is 5.10 Å². The molecule has 0 atom stereocenters. The van der Waals surface area contributed by atoms with Gasteiger partial charge in [0.05, 0.1) is 11.4 Å². The highest BCUT2D eigenvalue weighted by molar-refractivity contribution is 5.54. The highest BCUT2D eigenvalue weighted by Crippen LogP contribution is 2.26. The minimum Gasteiger partial charge on any atom is -0.435 e. The fourth-order valence-corrected chi connectivity index (χ4v) is 1.28. The molecule has 2 rings (SSSR count). The van der Waals surface area contributed by atoms with Gasteiger partial charge in [-0.25, -0.2) is 0 Å². The predicted molar refractivity (Wildman–Crippen MR) is 62.4 cm³/mol. The molecule has 16 heavy (non-hydrogen) atoms. The van der Waals surface area contributed by atoms with Crippen molar-refractivity contribution in [1.29, 1.82) is 0 Å². The molecule has 1 heterocycles. The van der Waals surface area contributed by atoms with Crippen LogP contribution in [0, 0.1) is 13.8 Å². The molecule has 1 aromatic heterocycles. The van der Waals surface area contributed by atoms with E-state index >= 15 is 0 Å². The highest BCUT2D eigenvalue weighted by atomic mass is 16.5. The Kier molecular flexibility index (Phi) is 2.72. The van der Waals surface area contributed by atoms with Crippen molar-refractivity contribution in [3.8, 4) is 11.6 Å². The number of aromatic nitrogens is 2. The third kappa shape index (κ3) is 2.28. The van der Waals surface area contributed by atoms with E-state index in [4.69, 9.17) is 10.5 Å². The first kappa shape index (κ1) is 10.4. The molecule has 0 amide bonds. The summed E-state index contributed by atoms with van der Waals surface area (Å²) in [5.41, 5.74) is 8.32. The maximum atomic E-state index is 5.79. The fraction of sp³-hybridized carbons (Fsp3) is 0.167. The first-order chi connectivity index (χ1) is 7.65. The number of aryl methyl sites for hydroxylation is 2. The Hall–Kier alpha value is -2.10. The summed E-state index contributed by atoms with van der Waals surface area (Å²) in [6.07, 6.45) is 0. The Morgan fingerprint density at radius 1 is 1.06 bits per heavy atom. The van der Waals surface area contributed by atoms with Gasteiger partial charge in [-0.05, 0) is 37.6 Å². The second-order valence-corrected chi connectivity index (χ2v) is 3.66. The standard InChI is InChI=1S/C12H13N3O/c1-8-3-5-10(13)11(7-8)16-12-6-4-9(2)14-15-12/h3-7H,13H2,1-2H3. The quantitative estimate of drug-likeness (QED) is 0.782. The third-order valence-electron chi connectivity index (χ3n) is 2.16. The lowest BCUT2D eigenvalue weighted by Crippen LogP contribution is -1.95. The van der Waals surface area contributed by atoms with Gasteiger partial charge < -0.3 is 10.5 Å². The molecule has 0 aliphatic heterocycles. The average molecular weight is 215 g/mol. The van der Waals surface area contributed by atoms with E-state index in [1.54, 1.807) is 6.07 Å². The van der Waals surface area contributed by atoms with Crippen LogP contribution in [0.25, 0.3) is 0 Å². The van der Waals surface area contributed by atoms with Crippen molar-refractivity contribution >= 4 is 5.69 Å². The van der Waals surface area contributed by atoms with Gasteiger partial charge in [0.25, 0.3) is 0 Å². The summed E-state index contributed by atoms with van der Waals surface area (Å²) in [5.74, 6) is 1.06. The maximum absolute atomic E-state index is 5.79. The van der Waals surface area contributed by atoms with Gasteiger partial charge in [0, 0.05) is 6.07 Å². The smallest absolute Gasteiger partial charge is 0.238 e. The van der Waals surface area contributed by atoms with Gasteiger partial charge >= 0.3 is 0 Å². The molecule has 0 radical (unpaired) electrons. The summed E-state index contributed by atoms with van der Waals surface area (Å²) in [4.78, 5) is 0. The van der Waals surface area contributed by atoms with Crippen molar-refractivity contribution in [2.75, 3.05) is 5.73 Å². The monoisotopic (exact) mass is 215 g/mol. The molecule has 0 spiro atoms. The van der Waals surface area contributed by atoms with E-state index in [0.29, 0.717) is 17.3 Å². The Labute approximate surface area is 94.1 Å². The summed E-state index contributed by atoms with van der Waals surface area (Å²) in [7, 11) is 0. The number of nitrogens with two attached hydrogens (primary N) is 1. The van der Waals surface area contributed by atoms with Crippen molar-refractivity contribution in [2.24, 2.45) is 0 Å². The Morgan fingerprint density at radius 2 is 1.88 bits per heavy atom. The summed E-state index contributed by atoms with van der Waals surface area (Å²) in [6.45, 7) is 3.85. The molecule has 0 fully saturated rings. The van der Waals surface area contributed by atoms with E-state index in [1.165, 1.54) is 0 Å². The third-order valence-corrected chi connectivity index (χ3v) is 2.16. The van der Waals surface area contributed by atoms with Gasteiger partial charge in [-0.2, -0.15) is 5.10 Å². The molecule has 2 aromatic rings. The van der Waals surface area contributed by atoms with Gasteiger partial charge in [0.1, 0.15) is 0 Å². The first-order valence-corrected chi connectivity index (χ1v) is 4.99. The molecule has 4 heteroatoms. The van der Waals surface area contributed by atoms with Crippen LogP contribution >= 0.6 is 0 Å². The number of benzene rings is 1. The minimum atomic E-state index is 0.447. The normalized spacial score (nSPS) is 10.1. The summed E-state index contributed by atoms with van der Waals surface area (Å²) in [5, 5.41) is 7.83. The molecule has 0 saturated heterocycles. The van der Waals surface area contributed by atoms with E-state index in [-0.39, 0.29) is 0 Å². The zero-order valence-corrected chi connectivity index (χ0v) is 9.27. The van der Waals surface area contributed by atoms with Crippen LogP contribution in [-0.4, -0.2) is 10.2 Å². The topological polar surface area (TPSA) is 61.0 Å². The molecule has 0 unspecified atom stereocenters. The van der Waals surface area contributed by atoms with E-state index in [1.807, 2.05) is 38.1 Å². The molecule has 0 saturated carbocycles.